The van der Waals surface area contributed by atoms with Gasteiger partial charge >= 0.3 is 12.0 Å². The lowest BCUT2D eigenvalue weighted by molar-refractivity contribution is -0.142. The number of rotatable bonds is 6. The van der Waals surface area contributed by atoms with Crippen LogP contribution in [-0.4, -0.2) is 53.7 Å². The van der Waals surface area contributed by atoms with Gasteiger partial charge in [-0.2, -0.15) is 0 Å². The molecule has 1 aliphatic carbocycles. The fraction of sp³-hybridized carbons (Fsp3) is 0.846. The summed E-state index contributed by atoms with van der Waals surface area (Å²) in [6.45, 7) is 4.22. The van der Waals surface area contributed by atoms with E-state index in [0.29, 0.717) is 12.6 Å². The Morgan fingerprint density at radius 3 is 2.42 bits per heavy atom. The Morgan fingerprint density at radius 1 is 1.32 bits per heavy atom. The first kappa shape index (κ1) is 15.8. The molecule has 1 rings (SSSR count). The lowest BCUT2D eigenvalue weighted by Gasteiger charge is -2.25. The zero-order chi connectivity index (χ0) is 14.5. The molecule has 1 aliphatic rings. The molecule has 1 fully saturated rings. The van der Waals surface area contributed by atoms with Crippen LogP contribution in [0.15, 0.2) is 0 Å². The van der Waals surface area contributed by atoms with Gasteiger partial charge in [0.2, 0.25) is 0 Å². The number of carbonyl (C=O) groups is 2. The second-order valence-corrected chi connectivity index (χ2v) is 5.73. The van der Waals surface area contributed by atoms with Gasteiger partial charge < -0.3 is 20.6 Å². The summed E-state index contributed by atoms with van der Waals surface area (Å²) in [4.78, 5) is 24.7. The number of carbonyl (C=O) groups excluding carboxylic acids is 1. The van der Waals surface area contributed by atoms with Crippen LogP contribution in [0.25, 0.3) is 0 Å². The first-order chi connectivity index (χ1) is 8.83. The summed E-state index contributed by atoms with van der Waals surface area (Å²) >= 11 is 0. The molecule has 0 radical (unpaired) electrons. The molecule has 1 saturated carbocycles. The lowest BCUT2D eigenvalue weighted by atomic mass is 10.1. The molecule has 2 amide bonds. The normalized spacial score (nSPS) is 16.6. The van der Waals surface area contributed by atoms with Gasteiger partial charge in [0.1, 0.15) is 5.54 Å². The first-order valence-corrected chi connectivity index (χ1v) is 6.82. The maximum atomic E-state index is 11.6. The van der Waals surface area contributed by atoms with Crippen molar-refractivity contribution < 1.29 is 14.7 Å². The van der Waals surface area contributed by atoms with Crippen LogP contribution in [0.2, 0.25) is 0 Å². The first-order valence-electron chi connectivity index (χ1n) is 6.82. The van der Waals surface area contributed by atoms with Crippen LogP contribution >= 0.6 is 0 Å². The van der Waals surface area contributed by atoms with Crippen LogP contribution in [-0.2, 0) is 4.79 Å². The molecule has 0 bridgehead atoms. The van der Waals surface area contributed by atoms with E-state index in [1.54, 1.807) is 0 Å². The zero-order valence-corrected chi connectivity index (χ0v) is 12.0. The highest BCUT2D eigenvalue weighted by molar-refractivity contribution is 5.85. The number of carboxylic acid groups (broad SMARTS) is 1. The Hall–Kier alpha value is -1.30. The molecule has 0 saturated heterocycles. The van der Waals surface area contributed by atoms with E-state index >= 15 is 0 Å². The van der Waals surface area contributed by atoms with E-state index in [2.05, 4.69) is 22.6 Å². The SMILES string of the molecule is CN(CCNC(=O)NC(C)(C)C(=O)O)C1CCCC1. The summed E-state index contributed by atoms with van der Waals surface area (Å²) in [5, 5.41) is 14.0. The molecule has 0 atom stereocenters. The minimum Gasteiger partial charge on any atom is -0.480 e. The lowest BCUT2D eigenvalue weighted by Crippen LogP contribution is -2.54. The molecule has 0 aromatic heterocycles. The highest BCUT2D eigenvalue weighted by Gasteiger charge is 2.28. The van der Waals surface area contributed by atoms with Gasteiger partial charge in [-0.1, -0.05) is 12.8 Å². The van der Waals surface area contributed by atoms with Crippen molar-refractivity contribution >= 4 is 12.0 Å². The van der Waals surface area contributed by atoms with E-state index in [1.165, 1.54) is 39.5 Å². The van der Waals surface area contributed by atoms with Crippen LogP contribution in [0.5, 0.6) is 0 Å². The van der Waals surface area contributed by atoms with E-state index in [1.807, 2.05) is 0 Å². The monoisotopic (exact) mass is 271 g/mol. The van der Waals surface area contributed by atoms with E-state index < -0.39 is 17.5 Å². The molecule has 0 spiro atoms. The summed E-state index contributed by atoms with van der Waals surface area (Å²) in [5.41, 5.74) is -1.25. The summed E-state index contributed by atoms with van der Waals surface area (Å²) in [7, 11) is 2.07. The standard InChI is InChI=1S/C13H25N3O3/c1-13(2,11(17)18)15-12(19)14-8-9-16(3)10-6-4-5-7-10/h10H,4-9H2,1-3H3,(H,17,18)(H2,14,15,19). The minimum absolute atomic E-state index is 0.438. The Kier molecular flexibility index (Phi) is 5.60. The molecule has 6 heteroatoms. The molecule has 19 heavy (non-hydrogen) atoms. The fourth-order valence-corrected chi connectivity index (χ4v) is 2.25. The molecule has 0 aromatic carbocycles. The maximum Gasteiger partial charge on any atom is 0.328 e. The van der Waals surface area contributed by atoms with Crippen LogP contribution in [0.4, 0.5) is 4.79 Å². The maximum absolute atomic E-state index is 11.6. The van der Waals surface area contributed by atoms with Gasteiger partial charge in [0.05, 0.1) is 0 Å². The van der Waals surface area contributed by atoms with E-state index in [-0.39, 0.29) is 0 Å². The Balaban J connectivity index is 2.21. The van der Waals surface area contributed by atoms with Crippen molar-refractivity contribution in [2.75, 3.05) is 20.1 Å². The Labute approximate surface area is 114 Å². The average molecular weight is 271 g/mol. The summed E-state index contributed by atoms with van der Waals surface area (Å²) < 4.78 is 0. The number of carboxylic acids is 1. The largest absolute Gasteiger partial charge is 0.480 e. The van der Waals surface area contributed by atoms with Crippen molar-refractivity contribution in [1.29, 1.82) is 0 Å². The second kappa shape index (κ2) is 6.75. The molecule has 0 unspecified atom stereocenters. The molecular weight excluding hydrogens is 246 g/mol. The van der Waals surface area contributed by atoms with E-state index in [9.17, 15) is 9.59 Å². The van der Waals surface area contributed by atoms with Crippen molar-refractivity contribution in [2.45, 2.75) is 51.1 Å². The number of hydrogen-bond acceptors (Lipinski definition) is 3. The van der Waals surface area contributed by atoms with E-state index in [0.717, 1.165) is 6.54 Å². The van der Waals surface area contributed by atoms with Crippen molar-refractivity contribution in [1.82, 2.24) is 15.5 Å². The third kappa shape index (κ3) is 5.06. The average Bonchev–Trinajstić information content (AvgIpc) is 2.81. The fourth-order valence-electron chi connectivity index (χ4n) is 2.25. The predicted molar refractivity (Wildman–Crippen MR) is 73.1 cm³/mol. The van der Waals surface area contributed by atoms with Gasteiger partial charge in [0, 0.05) is 19.1 Å². The van der Waals surface area contributed by atoms with Crippen LogP contribution in [0.3, 0.4) is 0 Å². The molecule has 0 heterocycles. The number of aliphatic carboxylic acids is 1. The van der Waals surface area contributed by atoms with Crippen molar-refractivity contribution in [3.8, 4) is 0 Å². The highest BCUT2D eigenvalue weighted by atomic mass is 16.4. The second-order valence-electron chi connectivity index (χ2n) is 5.73. The van der Waals surface area contributed by atoms with Gasteiger partial charge in [-0.05, 0) is 33.7 Å². The van der Waals surface area contributed by atoms with Gasteiger partial charge in [-0.15, -0.1) is 0 Å². The summed E-state index contributed by atoms with van der Waals surface area (Å²) in [6, 6.07) is 0.188. The molecule has 0 aliphatic heterocycles. The Bertz CT molecular complexity index is 325. The molecule has 0 aromatic rings. The van der Waals surface area contributed by atoms with Crippen molar-refractivity contribution in [3.05, 3.63) is 0 Å². The van der Waals surface area contributed by atoms with Gasteiger partial charge in [0.15, 0.2) is 0 Å². The number of urea groups is 1. The molecule has 110 valence electrons. The Morgan fingerprint density at radius 2 is 1.89 bits per heavy atom. The van der Waals surface area contributed by atoms with Gasteiger partial charge in [-0.3, -0.25) is 0 Å². The molecular formula is C13H25N3O3. The van der Waals surface area contributed by atoms with Gasteiger partial charge in [-0.25, -0.2) is 9.59 Å². The number of nitrogens with one attached hydrogen (secondary N) is 2. The minimum atomic E-state index is -1.25. The van der Waals surface area contributed by atoms with Crippen molar-refractivity contribution in [2.24, 2.45) is 0 Å². The number of amides is 2. The summed E-state index contributed by atoms with van der Waals surface area (Å²) in [6.07, 6.45) is 5.04. The van der Waals surface area contributed by atoms with Crippen molar-refractivity contribution in [3.63, 3.8) is 0 Å². The number of likely N-dealkylation sites (N-methyl/N-ethyl adjacent to an activating group) is 1. The third-order valence-corrected chi connectivity index (χ3v) is 3.66. The smallest absolute Gasteiger partial charge is 0.328 e. The van der Waals surface area contributed by atoms with Crippen LogP contribution in [0.1, 0.15) is 39.5 Å². The number of hydrogen-bond donors (Lipinski definition) is 3. The van der Waals surface area contributed by atoms with Crippen LogP contribution in [0, 0.1) is 0 Å². The number of nitrogens with zero attached hydrogens (tertiary/aromatic N) is 1. The third-order valence-electron chi connectivity index (χ3n) is 3.66. The highest BCUT2D eigenvalue weighted by Crippen LogP contribution is 2.21. The van der Waals surface area contributed by atoms with E-state index in [4.69, 9.17) is 5.11 Å². The van der Waals surface area contributed by atoms with Crippen LogP contribution < -0.4 is 10.6 Å². The summed E-state index contributed by atoms with van der Waals surface area (Å²) in [5.74, 6) is -1.05. The zero-order valence-electron chi connectivity index (χ0n) is 12.0. The topological polar surface area (TPSA) is 81.7 Å². The molecule has 3 N–H and O–H groups in total. The predicted octanol–water partition coefficient (Wildman–Crippen LogP) is 1.02. The van der Waals surface area contributed by atoms with Gasteiger partial charge in [0.25, 0.3) is 0 Å². The quantitative estimate of drug-likeness (QED) is 0.674. The molecule has 6 nitrogen and oxygen atoms in total.